The third-order valence-electron chi connectivity index (χ3n) is 3.93. The maximum atomic E-state index is 12.4. The predicted octanol–water partition coefficient (Wildman–Crippen LogP) is 5.22. The lowest BCUT2D eigenvalue weighted by Gasteiger charge is -2.00. The summed E-state index contributed by atoms with van der Waals surface area (Å²) < 4.78 is 12.5. The third kappa shape index (κ3) is 2.77. The largest absolute Gasteiger partial charge is 0.465 e. The van der Waals surface area contributed by atoms with E-state index in [1.54, 1.807) is 30.3 Å². The SMILES string of the molecule is COC(=O)c1ccc(-c2cc3c(=O)sc4ccc(Br)cc4c3o2)cc1. The number of fused-ring (bicyclic) bond motifs is 3. The molecule has 124 valence electrons. The van der Waals surface area contributed by atoms with Crippen LogP contribution in [0.15, 0.2) is 62.2 Å². The molecule has 2 heterocycles. The van der Waals surface area contributed by atoms with Gasteiger partial charge in [-0.25, -0.2) is 4.79 Å². The Morgan fingerprint density at radius 1 is 1.08 bits per heavy atom. The zero-order valence-electron chi connectivity index (χ0n) is 13.0. The van der Waals surface area contributed by atoms with Crippen molar-refractivity contribution in [2.45, 2.75) is 0 Å². The van der Waals surface area contributed by atoms with E-state index in [0.717, 1.165) is 20.1 Å². The van der Waals surface area contributed by atoms with Crippen molar-refractivity contribution in [3.8, 4) is 11.3 Å². The first-order valence-electron chi connectivity index (χ1n) is 7.41. The van der Waals surface area contributed by atoms with Crippen molar-refractivity contribution in [3.63, 3.8) is 0 Å². The molecule has 0 N–H and O–H groups in total. The maximum Gasteiger partial charge on any atom is 0.337 e. The number of benzene rings is 2. The minimum absolute atomic E-state index is 0.0361. The number of furan rings is 1. The van der Waals surface area contributed by atoms with Gasteiger partial charge in [0.1, 0.15) is 11.3 Å². The molecule has 0 fully saturated rings. The number of hydrogen-bond acceptors (Lipinski definition) is 5. The van der Waals surface area contributed by atoms with Crippen LogP contribution < -0.4 is 4.74 Å². The summed E-state index contributed by atoms with van der Waals surface area (Å²) in [6.07, 6.45) is 0. The number of carbonyl (C=O) groups is 1. The van der Waals surface area contributed by atoms with Crippen molar-refractivity contribution < 1.29 is 13.9 Å². The van der Waals surface area contributed by atoms with Crippen LogP contribution >= 0.6 is 27.3 Å². The van der Waals surface area contributed by atoms with Gasteiger partial charge in [0.05, 0.1) is 18.1 Å². The van der Waals surface area contributed by atoms with Gasteiger partial charge in [0, 0.05) is 20.1 Å². The van der Waals surface area contributed by atoms with Gasteiger partial charge in [-0.2, -0.15) is 0 Å². The molecule has 0 unspecified atom stereocenters. The molecule has 4 rings (SSSR count). The van der Waals surface area contributed by atoms with Crippen molar-refractivity contribution in [2.75, 3.05) is 7.11 Å². The van der Waals surface area contributed by atoms with E-state index in [2.05, 4.69) is 15.9 Å². The highest BCUT2D eigenvalue weighted by molar-refractivity contribution is 9.10. The zero-order chi connectivity index (χ0) is 17.6. The first-order chi connectivity index (χ1) is 12.1. The van der Waals surface area contributed by atoms with Crippen molar-refractivity contribution in [3.05, 3.63) is 68.1 Å². The highest BCUT2D eigenvalue weighted by Gasteiger charge is 2.14. The van der Waals surface area contributed by atoms with Crippen LogP contribution in [0, 0.1) is 0 Å². The number of carbonyl (C=O) groups excluding carboxylic acids is 1. The first kappa shape index (κ1) is 16.1. The van der Waals surface area contributed by atoms with E-state index in [0.29, 0.717) is 22.3 Å². The van der Waals surface area contributed by atoms with Gasteiger partial charge < -0.3 is 9.15 Å². The highest BCUT2D eigenvalue weighted by Crippen LogP contribution is 2.33. The van der Waals surface area contributed by atoms with Gasteiger partial charge in [0.2, 0.25) is 4.74 Å². The fourth-order valence-corrected chi connectivity index (χ4v) is 3.92. The summed E-state index contributed by atoms with van der Waals surface area (Å²) in [5.41, 5.74) is 1.83. The highest BCUT2D eigenvalue weighted by atomic mass is 79.9. The average molecular weight is 415 g/mol. The Labute approximate surface area is 154 Å². The zero-order valence-corrected chi connectivity index (χ0v) is 15.4. The van der Waals surface area contributed by atoms with Crippen molar-refractivity contribution >= 4 is 54.3 Å². The summed E-state index contributed by atoms with van der Waals surface area (Å²) >= 11 is 4.66. The number of halogens is 1. The number of methoxy groups -OCH3 is 1. The molecule has 0 aliphatic carbocycles. The van der Waals surface area contributed by atoms with E-state index in [1.165, 1.54) is 18.4 Å². The second-order valence-corrected chi connectivity index (χ2v) is 7.38. The molecule has 6 heteroatoms. The molecule has 0 atom stereocenters. The number of ether oxygens (including phenoxy) is 1. The van der Waals surface area contributed by atoms with Crippen LogP contribution in [0.3, 0.4) is 0 Å². The molecule has 0 aliphatic rings. The van der Waals surface area contributed by atoms with Crippen LogP contribution in [0.5, 0.6) is 0 Å². The molecule has 0 amide bonds. The molecular formula is C19H11BrO4S. The molecule has 25 heavy (non-hydrogen) atoms. The second kappa shape index (κ2) is 6.13. The summed E-state index contributed by atoms with van der Waals surface area (Å²) in [6.45, 7) is 0. The third-order valence-corrected chi connectivity index (χ3v) is 5.41. The van der Waals surface area contributed by atoms with Gasteiger partial charge in [-0.05, 0) is 36.4 Å². The fourth-order valence-electron chi connectivity index (χ4n) is 2.70. The van der Waals surface area contributed by atoms with Gasteiger partial charge >= 0.3 is 5.97 Å². The Morgan fingerprint density at radius 3 is 2.56 bits per heavy atom. The molecule has 2 aromatic carbocycles. The normalized spacial score (nSPS) is 11.1. The predicted molar refractivity (Wildman–Crippen MR) is 102 cm³/mol. The summed E-state index contributed by atoms with van der Waals surface area (Å²) in [5, 5.41) is 1.45. The lowest BCUT2D eigenvalue weighted by molar-refractivity contribution is 0.0601. The van der Waals surface area contributed by atoms with Crippen LogP contribution in [-0.2, 0) is 4.74 Å². The van der Waals surface area contributed by atoms with Crippen LogP contribution in [-0.4, -0.2) is 13.1 Å². The second-order valence-electron chi connectivity index (χ2n) is 5.45. The first-order valence-corrected chi connectivity index (χ1v) is 9.02. The number of hydrogen-bond donors (Lipinski definition) is 0. The van der Waals surface area contributed by atoms with E-state index in [1.807, 2.05) is 18.2 Å². The van der Waals surface area contributed by atoms with Crippen LogP contribution in [0.4, 0.5) is 0 Å². The van der Waals surface area contributed by atoms with Crippen molar-refractivity contribution in [2.24, 2.45) is 0 Å². The number of rotatable bonds is 2. The standard InChI is InChI=1S/C19H11BrO4S/c1-23-18(21)11-4-2-10(3-5-11)15-9-14-17(24-15)13-8-12(20)6-7-16(13)25-19(14)22/h2-9H,1H3. The summed E-state index contributed by atoms with van der Waals surface area (Å²) in [6, 6.07) is 14.4. The Kier molecular flexibility index (Phi) is 3.94. The van der Waals surface area contributed by atoms with Gasteiger partial charge in [0.25, 0.3) is 0 Å². The molecular weight excluding hydrogens is 404 g/mol. The smallest absolute Gasteiger partial charge is 0.337 e. The van der Waals surface area contributed by atoms with Crippen LogP contribution in [0.2, 0.25) is 0 Å². The lowest BCUT2D eigenvalue weighted by atomic mass is 10.1. The summed E-state index contributed by atoms with van der Waals surface area (Å²) in [5.74, 6) is 0.193. The molecule has 2 aromatic heterocycles. The Balaban J connectivity index is 1.90. The van der Waals surface area contributed by atoms with Gasteiger partial charge in [-0.15, -0.1) is 0 Å². The van der Waals surface area contributed by atoms with Crippen molar-refractivity contribution in [1.29, 1.82) is 0 Å². The molecule has 0 saturated heterocycles. The Hall–Kier alpha value is -2.44. The Bertz CT molecular complexity index is 1170. The molecule has 0 saturated carbocycles. The maximum absolute atomic E-state index is 12.4. The van der Waals surface area contributed by atoms with Crippen LogP contribution in [0.25, 0.3) is 32.4 Å². The van der Waals surface area contributed by atoms with E-state index in [9.17, 15) is 9.59 Å². The van der Waals surface area contributed by atoms with E-state index < -0.39 is 5.97 Å². The summed E-state index contributed by atoms with van der Waals surface area (Å²) in [4.78, 5) is 23.9. The molecule has 0 radical (unpaired) electrons. The quantitative estimate of drug-likeness (QED) is 0.421. The van der Waals surface area contributed by atoms with Gasteiger partial charge in [-0.1, -0.05) is 39.4 Å². The Morgan fingerprint density at radius 2 is 1.84 bits per heavy atom. The molecule has 0 bridgehead atoms. The molecule has 0 spiro atoms. The topological polar surface area (TPSA) is 56.5 Å². The molecule has 0 aliphatic heterocycles. The average Bonchev–Trinajstić information content (AvgIpc) is 3.08. The van der Waals surface area contributed by atoms with Crippen LogP contribution in [0.1, 0.15) is 10.4 Å². The van der Waals surface area contributed by atoms with Gasteiger partial charge in [0.15, 0.2) is 0 Å². The summed E-state index contributed by atoms with van der Waals surface area (Å²) in [7, 11) is 1.34. The minimum Gasteiger partial charge on any atom is -0.465 e. The van der Waals surface area contributed by atoms with E-state index in [-0.39, 0.29) is 4.74 Å². The van der Waals surface area contributed by atoms with Gasteiger partial charge in [-0.3, -0.25) is 4.79 Å². The number of esters is 1. The van der Waals surface area contributed by atoms with E-state index in [4.69, 9.17) is 9.15 Å². The lowest BCUT2D eigenvalue weighted by Crippen LogP contribution is -2.00. The molecule has 4 nitrogen and oxygen atoms in total. The molecule has 4 aromatic rings. The van der Waals surface area contributed by atoms with Crippen molar-refractivity contribution in [1.82, 2.24) is 0 Å². The minimum atomic E-state index is -0.393. The fraction of sp³-hybridized carbons (Fsp3) is 0.0526. The van der Waals surface area contributed by atoms with E-state index >= 15 is 0 Å². The monoisotopic (exact) mass is 414 g/mol.